The molecule has 9 heavy (non-hydrogen) atoms. The van der Waals surface area contributed by atoms with Crippen molar-refractivity contribution in [1.82, 2.24) is 0 Å². The van der Waals surface area contributed by atoms with Crippen molar-refractivity contribution < 1.29 is 173 Å². The first-order valence-corrected chi connectivity index (χ1v) is 2.19. The zero-order valence-corrected chi connectivity index (χ0v) is 15.3. The number of rotatable bonds is 0. The van der Waals surface area contributed by atoms with E-state index in [2.05, 4.69) is 0 Å². The quantitative estimate of drug-likeness (QED) is 0.304. The van der Waals surface area contributed by atoms with Crippen LogP contribution >= 0.6 is 7.82 Å². The SMILES string of the molecule is C.O=P([O-])([O-])[O-].[K+].[K+].[K+]. The van der Waals surface area contributed by atoms with Gasteiger partial charge in [0.15, 0.2) is 0 Å². The largest absolute Gasteiger partial charge is 1.00 e. The molecule has 0 aromatic carbocycles. The molecule has 0 saturated carbocycles. The standard InChI is InChI=1S/CH4.3K.H3O4P/c;;;;1-5(2,3)4/h1H4;;;;(H3,1,2,3,4)/q;3*+1;/p-3. The fourth-order valence-electron chi connectivity index (χ4n) is 0. The van der Waals surface area contributed by atoms with Crippen LogP contribution in [0.1, 0.15) is 7.43 Å². The Morgan fingerprint density at radius 1 is 0.889 bits per heavy atom. The summed E-state index contributed by atoms with van der Waals surface area (Å²) in [6.07, 6.45) is 0. The second-order valence-electron chi connectivity index (χ2n) is 0.447. The van der Waals surface area contributed by atoms with E-state index in [4.69, 9.17) is 19.2 Å². The summed E-state index contributed by atoms with van der Waals surface area (Å²) in [6.45, 7) is 0. The van der Waals surface area contributed by atoms with Crippen LogP contribution in [0.4, 0.5) is 0 Å². The summed E-state index contributed by atoms with van der Waals surface area (Å²) >= 11 is 0. The molecule has 0 amide bonds. The van der Waals surface area contributed by atoms with Crippen LogP contribution in [-0.2, 0) is 4.57 Å². The molecule has 0 aliphatic carbocycles. The summed E-state index contributed by atoms with van der Waals surface area (Å²) in [5, 5.41) is 0. The first kappa shape index (κ1) is 29.2. The van der Waals surface area contributed by atoms with Gasteiger partial charge in [0.05, 0.1) is 0 Å². The summed E-state index contributed by atoms with van der Waals surface area (Å²) < 4.78 is 8.55. The maximum atomic E-state index is 8.55. The van der Waals surface area contributed by atoms with Gasteiger partial charge in [0, 0.05) is 0 Å². The molecule has 40 valence electrons. The van der Waals surface area contributed by atoms with Gasteiger partial charge in [-0.2, -0.15) is 7.82 Å². The van der Waals surface area contributed by atoms with Gasteiger partial charge in [-0.05, 0) is 0 Å². The van der Waals surface area contributed by atoms with Crippen LogP contribution in [0.25, 0.3) is 0 Å². The average molecular weight is 228 g/mol. The summed E-state index contributed by atoms with van der Waals surface area (Å²) in [7, 11) is -5.39. The third kappa shape index (κ3) is 62.8. The predicted octanol–water partition coefficient (Wildman–Crippen LogP) is -11.2. The zero-order valence-electron chi connectivity index (χ0n) is 5.08. The Labute approximate surface area is 182 Å². The molecule has 4 nitrogen and oxygen atoms in total. The summed E-state index contributed by atoms with van der Waals surface area (Å²) in [4.78, 5) is 25.6. The Hall–Kier alpha value is 5.02. The summed E-state index contributed by atoms with van der Waals surface area (Å²) in [6, 6.07) is 0. The second-order valence-corrected chi connectivity index (χ2v) is 1.34. The van der Waals surface area contributed by atoms with E-state index in [1.165, 1.54) is 0 Å². The zero-order chi connectivity index (χ0) is 4.50. The van der Waals surface area contributed by atoms with Crippen molar-refractivity contribution >= 4 is 7.82 Å². The van der Waals surface area contributed by atoms with Gasteiger partial charge in [-0.1, -0.05) is 7.43 Å². The molecule has 0 heterocycles. The van der Waals surface area contributed by atoms with E-state index in [-0.39, 0.29) is 162 Å². The Kier molecular flexibility index (Phi) is 50.3. The van der Waals surface area contributed by atoms with Gasteiger partial charge in [-0.15, -0.1) is 0 Å². The molecule has 0 saturated heterocycles. The van der Waals surface area contributed by atoms with Crippen LogP contribution in [0.2, 0.25) is 0 Å². The van der Waals surface area contributed by atoms with Gasteiger partial charge in [0.2, 0.25) is 0 Å². The molecule has 0 rings (SSSR count). The third-order valence-electron chi connectivity index (χ3n) is 0. The van der Waals surface area contributed by atoms with E-state index in [1.54, 1.807) is 0 Å². The maximum Gasteiger partial charge on any atom is 1.00 e. The van der Waals surface area contributed by atoms with Crippen LogP contribution in [0.3, 0.4) is 0 Å². The van der Waals surface area contributed by atoms with Crippen molar-refractivity contribution in [2.75, 3.05) is 0 Å². The minimum Gasteiger partial charge on any atom is -0.822 e. The monoisotopic (exact) mass is 228 g/mol. The molecule has 0 N–H and O–H groups in total. The molecule has 0 aliphatic rings. The molecular weight excluding hydrogens is 224 g/mol. The van der Waals surface area contributed by atoms with E-state index in [1.807, 2.05) is 0 Å². The van der Waals surface area contributed by atoms with Crippen molar-refractivity contribution in [2.24, 2.45) is 0 Å². The van der Waals surface area contributed by atoms with Crippen molar-refractivity contribution in [3.05, 3.63) is 0 Å². The summed E-state index contributed by atoms with van der Waals surface area (Å²) in [5.74, 6) is 0. The second kappa shape index (κ2) is 15.5. The molecule has 0 unspecified atom stereocenters. The predicted molar refractivity (Wildman–Crippen MR) is 14.3 cm³/mol. The van der Waals surface area contributed by atoms with Crippen LogP contribution in [0.15, 0.2) is 0 Å². The molecular formula is CH4K3O4P. The minimum absolute atomic E-state index is 0. The molecule has 0 aliphatic heterocycles. The first-order chi connectivity index (χ1) is 2.00. The van der Waals surface area contributed by atoms with Crippen LogP contribution in [0, 0.1) is 0 Å². The van der Waals surface area contributed by atoms with Crippen LogP contribution in [0.5, 0.6) is 0 Å². The Morgan fingerprint density at radius 2 is 0.889 bits per heavy atom. The average Bonchev–Trinajstić information content (AvgIpc) is 0.722. The van der Waals surface area contributed by atoms with E-state index in [9.17, 15) is 0 Å². The Bertz CT molecular complexity index is 61.9. The fraction of sp³-hybridized carbons (Fsp3) is 1.00. The molecule has 0 fully saturated rings. The van der Waals surface area contributed by atoms with Gasteiger partial charge >= 0.3 is 154 Å². The van der Waals surface area contributed by atoms with Crippen molar-refractivity contribution in [3.8, 4) is 0 Å². The van der Waals surface area contributed by atoms with E-state index in [0.29, 0.717) is 0 Å². The van der Waals surface area contributed by atoms with Gasteiger partial charge in [0.25, 0.3) is 0 Å². The number of phosphoric acid groups is 1. The van der Waals surface area contributed by atoms with Crippen molar-refractivity contribution in [1.29, 1.82) is 0 Å². The summed E-state index contributed by atoms with van der Waals surface area (Å²) in [5.41, 5.74) is 0. The smallest absolute Gasteiger partial charge is 0.822 e. The fourth-order valence-corrected chi connectivity index (χ4v) is 0. The first-order valence-electron chi connectivity index (χ1n) is 0.730. The molecule has 0 aromatic rings. The minimum atomic E-state index is -5.39. The normalized spacial score (nSPS) is 6.56. The van der Waals surface area contributed by atoms with Crippen LogP contribution in [-0.4, -0.2) is 0 Å². The molecule has 0 bridgehead atoms. The van der Waals surface area contributed by atoms with E-state index < -0.39 is 7.82 Å². The molecule has 0 radical (unpaired) electrons. The Balaban J connectivity index is -0.0000000133. The van der Waals surface area contributed by atoms with E-state index >= 15 is 0 Å². The van der Waals surface area contributed by atoms with Gasteiger partial charge < -0.3 is 19.2 Å². The van der Waals surface area contributed by atoms with E-state index in [0.717, 1.165) is 0 Å². The van der Waals surface area contributed by atoms with Crippen molar-refractivity contribution in [2.45, 2.75) is 7.43 Å². The topological polar surface area (TPSA) is 86.2 Å². The molecule has 8 heteroatoms. The molecule has 0 aromatic heterocycles. The van der Waals surface area contributed by atoms with Gasteiger partial charge in [0.1, 0.15) is 0 Å². The van der Waals surface area contributed by atoms with Gasteiger partial charge in [-0.3, -0.25) is 0 Å². The van der Waals surface area contributed by atoms with Gasteiger partial charge in [-0.25, -0.2) is 0 Å². The Morgan fingerprint density at radius 3 is 0.889 bits per heavy atom. The third-order valence-corrected chi connectivity index (χ3v) is 0. The molecule has 0 spiro atoms. The van der Waals surface area contributed by atoms with Crippen molar-refractivity contribution in [3.63, 3.8) is 0 Å². The van der Waals surface area contributed by atoms with Crippen LogP contribution < -0.4 is 169 Å². The molecule has 0 atom stereocenters. The number of hydrogen-bond donors (Lipinski definition) is 0. The maximum absolute atomic E-state index is 8.55. The number of hydrogen-bond acceptors (Lipinski definition) is 4.